The molecule has 5 nitrogen and oxygen atoms in total. The van der Waals surface area contributed by atoms with Crippen molar-refractivity contribution in [3.05, 3.63) is 30.3 Å². The molecule has 1 aromatic carbocycles. The molecule has 0 amide bonds. The highest BCUT2D eigenvalue weighted by Gasteiger charge is 2.35. The third-order valence-electron chi connectivity index (χ3n) is 3.66. The normalized spacial score (nSPS) is 19.2. The summed E-state index contributed by atoms with van der Waals surface area (Å²) in [5.41, 5.74) is 0. The van der Waals surface area contributed by atoms with Crippen molar-refractivity contribution in [2.24, 2.45) is 0 Å². The van der Waals surface area contributed by atoms with Gasteiger partial charge in [-0.25, -0.2) is 8.42 Å². The van der Waals surface area contributed by atoms with E-state index in [9.17, 15) is 13.4 Å². The average molecular weight is 312 g/mol. The van der Waals surface area contributed by atoms with Gasteiger partial charge in [0.15, 0.2) is 0 Å². The van der Waals surface area contributed by atoms with E-state index in [0.717, 1.165) is 13.0 Å². The smallest absolute Gasteiger partial charge is 0.376 e. The molecule has 1 heterocycles. The predicted octanol–water partition coefficient (Wildman–Crippen LogP) is 1.52. The zero-order chi connectivity index (χ0) is 16.0. The van der Waals surface area contributed by atoms with E-state index in [0.29, 0.717) is 11.4 Å². The number of hydrogen-bond acceptors (Lipinski definition) is 4. The molecule has 0 radical (unpaired) electrons. The van der Waals surface area contributed by atoms with Crippen molar-refractivity contribution in [3.63, 3.8) is 0 Å². The minimum Gasteiger partial charge on any atom is -0.437 e. The summed E-state index contributed by atoms with van der Waals surface area (Å²) in [5, 5.41) is 9.53. The van der Waals surface area contributed by atoms with Gasteiger partial charge in [0.1, 0.15) is 0 Å². The Morgan fingerprint density at radius 2 is 1.86 bits per heavy atom. The maximum atomic E-state index is 12.4. The molecular weight excluding hydrogens is 287 g/mol. The molecule has 1 saturated heterocycles. The molecule has 0 bridgehead atoms. The molecule has 118 valence electrons. The third kappa shape index (κ3) is 4.29. The molecule has 1 aliphatic rings. The Balaban J connectivity index is 0.00000106. The van der Waals surface area contributed by atoms with Crippen LogP contribution in [0.25, 0.3) is 0 Å². The topological polar surface area (TPSA) is 60.9 Å². The van der Waals surface area contributed by atoms with Crippen molar-refractivity contribution >= 4 is 17.1 Å². The van der Waals surface area contributed by atoms with Crippen LogP contribution in [0.2, 0.25) is 6.82 Å². The Kier molecular flexibility index (Phi) is 6.86. The van der Waals surface area contributed by atoms with Crippen LogP contribution in [-0.4, -0.2) is 55.8 Å². The Hall–Kier alpha value is -0.885. The fourth-order valence-electron chi connectivity index (χ4n) is 2.36. The maximum Gasteiger partial charge on any atom is 0.376 e. The molecule has 2 rings (SSSR count). The highest BCUT2D eigenvalue weighted by Crippen LogP contribution is 2.22. The molecule has 7 heteroatoms. The molecule has 0 aliphatic carbocycles. The van der Waals surface area contributed by atoms with Crippen LogP contribution in [0.5, 0.6) is 0 Å². The first-order chi connectivity index (χ1) is 9.93. The van der Waals surface area contributed by atoms with Crippen LogP contribution in [0.15, 0.2) is 35.2 Å². The van der Waals surface area contributed by atoms with E-state index in [1.807, 2.05) is 18.7 Å². The van der Waals surface area contributed by atoms with Crippen molar-refractivity contribution in [1.82, 2.24) is 9.12 Å². The van der Waals surface area contributed by atoms with Crippen LogP contribution in [0, 0.1) is 0 Å². The van der Waals surface area contributed by atoms with Crippen molar-refractivity contribution in [1.29, 1.82) is 0 Å². The molecule has 1 aromatic rings. The second-order valence-corrected chi connectivity index (χ2v) is 6.90. The fraction of sp³-hybridized carbons (Fsp3) is 0.571. The molecule has 1 N–H and O–H groups in total. The minimum atomic E-state index is -3.45. The van der Waals surface area contributed by atoms with Gasteiger partial charge in [-0.15, -0.1) is 0 Å². The van der Waals surface area contributed by atoms with E-state index in [-0.39, 0.29) is 6.04 Å². The molecule has 0 spiro atoms. The van der Waals surface area contributed by atoms with Gasteiger partial charge >= 0.3 is 7.05 Å². The van der Waals surface area contributed by atoms with Crippen LogP contribution in [0.4, 0.5) is 0 Å². The summed E-state index contributed by atoms with van der Waals surface area (Å²) in [6.07, 6.45) is 0.744. The van der Waals surface area contributed by atoms with Gasteiger partial charge in [-0.05, 0) is 31.9 Å². The van der Waals surface area contributed by atoms with E-state index >= 15 is 0 Å². The van der Waals surface area contributed by atoms with Crippen molar-refractivity contribution in [3.8, 4) is 0 Å². The molecule has 1 atom stereocenters. The number of hydrogen-bond donors (Lipinski definition) is 1. The van der Waals surface area contributed by atoms with E-state index in [2.05, 4.69) is 0 Å². The Bertz CT molecular complexity index is 522. The second kappa shape index (κ2) is 7.94. The minimum absolute atomic E-state index is 0.0835. The number of nitrogens with zero attached hydrogens (tertiary/aromatic N) is 2. The van der Waals surface area contributed by atoms with Gasteiger partial charge < -0.3 is 9.83 Å². The first-order valence-electron chi connectivity index (χ1n) is 7.38. The van der Waals surface area contributed by atoms with Gasteiger partial charge in [0.25, 0.3) is 0 Å². The Labute approximate surface area is 128 Å². The van der Waals surface area contributed by atoms with Gasteiger partial charge in [0, 0.05) is 19.6 Å². The standard InChI is InChI=1S/C12H19BN2O3S.C2H6/c1-13(16)15-9-8-11(10-15)14(2)19(17,18)12-6-4-3-5-7-12;1-2/h3-7,11,16H,8-10H2,1-2H3;1-2H3/t11-;/m1./s1. The molecule has 0 saturated carbocycles. The first-order valence-corrected chi connectivity index (χ1v) is 8.82. The van der Waals surface area contributed by atoms with E-state index in [1.165, 1.54) is 4.31 Å². The predicted molar refractivity (Wildman–Crippen MR) is 86.6 cm³/mol. The lowest BCUT2D eigenvalue weighted by atomic mass is 9.86. The maximum absolute atomic E-state index is 12.4. The molecular formula is C14H25BN2O3S. The van der Waals surface area contributed by atoms with Crippen LogP contribution >= 0.6 is 0 Å². The van der Waals surface area contributed by atoms with Gasteiger partial charge in [-0.2, -0.15) is 4.31 Å². The van der Waals surface area contributed by atoms with Crippen LogP contribution in [-0.2, 0) is 10.0 Å². The summed E-state index contributed by atoms with van der Waals surface area (Å²) in [6, 6.07) is 8.36. The summed E-state index contributed by atoms with van der Waals surface area (Å²) >= 11 is 0. The fourth-order valence-corrected chi connectivity index (χ4v) is 3.76. The van der Waals surface area contributed by atoms with Crippen LogP contribution < -0.4 is 0 Å². The van der Waals surface area contributed by atoms with Gasteiger partial charge in [0.2, 0.25) is 10.0 Å². The van der Waals surface area contributed by atoms with Crippen LogP contribution in [0.1, 0.15) is 20.3 Å². The van der Waals surface area contributed by atoms with Gasteiger partial charge in [-0.3, -0.25) is 0 Å². The third-order valence-corrected chi connectivity index (χ3v) is 5.58. The van der Waals surface area contributed by atoms with E-state index in [1.54, 1.807) is 44.2 Å². The second-order valence-electron chi connectivity index (χ2n) is 4.90. The number of likely N-dealkylation sites (N-methyl/N-ethyl adjacent to an activating group) is 1. The van der Waals surface area contributed by atoms with E-state index in [4.69, 9.17) is 0 Å². The highest BCUT2D eigenvalue weighted by molar-refractivity contribution is 7.89. The number of sulfonamides is 1. The lowest BCUT2D eigenvalue weighted by Gasteiger charge is -2.24. The number of rotatable bonds is 4. The summed E-state index contributed by atoms with van der Waals surface area (Å²) < 4.78 is 26.3. The van der Waals surface area contributed by atoms with Gasteiger partial charge in [-0.1, -0.05) is 32.0 Å². The highest BCUT2D eigenvalue weighted by atomic mass is 32.2. The summed E-state index contributed by atoms with van der Waals surface area (Å²) in [4.78, 5) is 2.19. The summed E-state index contributed by atoms with van der Waals surface area (Å²) in [7, 11) is -2.37. The Morgan fingerprint density at radius 1 is 1.29 bits per heavy atom. The molecule has 1 aliphatic heterocycles. The average Bonchev–Trinajstić information content (AvgIpc) is 2.99. The van der Waals surface area contributed by atoms with Crippen molar-refractivity contribution < 1.29 is 13.4 Å². The number of benzene rings is 1. The van der Waals surface area contributed by atoms with E-state index < -0.39 is 17.1 Å². The first kappa shape index (κ1) is 18.2. The SMILES string of the molecule is CB(O)N1CC[C@@H](N(C)S(=O)(=O)c2ccccc2)C1.CC. The van der Waals surface area contributed by atoms with Crippen molar-refractivity contribution in [2.45, 2.75) is 38.0 Å². The van der Waals surface area contributed by atoms with Crippen LogP contribution in [0.3, 0.4) is 0 Å². The zero-order valence-electron chi connectivity index (χ0n) is 13.2. The molecule has 21 heavy (non-hydrogen) atoms. The largest absolute Gasteiger partial charge is 0.437 e. The summed E-state index contributed by atoms with van der Waals surface area (Å²) in [6.45, 7) is 6.99. The van der Waals surface area contributed by atoms with Crippen molar-refractivity contribution in [2.75, 3.05) is 20.1 Å². The quantitative estimate of drug-likeness (QED) is 0.856. The van der Waals surface area contributed by atoms with Gasteiger partial charge in [0.05, 0.1) is 4.90 Å². The summed E-state index contributed by atoms with van der Waals surface area (Å²) in [5.74, 6) is 0. The monoisotopic (exact) mass is 312 g/mol. The lowest BCUT2D eigenvalue weighted by Crippen LogP contribution is -2.41. The zero-order valence-corrected chi connectivity index (χ0v) is 14.0. The molecule has 1 fully saturated rings. The molecule has 0 unspecified atom stereocenters. The molecule has 0 aromatic heterocycles. The Morgan fingerprint density at radius 3 is 2.33 bits per heavy atom. The lowest BCUT2D eigenvalue weighted by molar-refractivity contribution is 0.357.